The number of carbonyl (C=O) groups excluding carboxylic acids is 1. The maximum atomic E-state index is 12.9. The highest BCUT2D eigenvalue weighted by atomic mass is 35.5. The lowest BCUT2D eigenvalue weighted by Gasteiger charge is -2.17. The number of anilines is 1. The summed E-state index contributed by atoms with van der Waals surface area (Å²) in [5, 5.41) is 2.63. The zero-order valence-electron chi connectivity index (χ0n) is 8.55. The Morgan fingerprint density at radius 1 is 1.60 bits per heavy atom. The van der Waals surface area contributed by atoms with Crippen LogP contribution in [0.5, 0.6) is 0 Å². The molecule has 82 valence electrons. The summed E-state index contributed by atoms with van der Waals surface area (Å²) in [6.07, 6.45) is 0. The normalized spacial score (nSPS) is 9.87. The first-order chi connectivity index (χ1) is 7.06. The minimum absolute atomic E-state index is 0.00338. The maximum Gasteiger partial charge on any atom is 0.321 e. The molecule has 3 nitrogen and oxygen atoms in total. The minimum atomic E-state index is -0.496. The summed E-state index contributed by atoms with van der Waals surface area (Å²) in [6.45, 7) is 2.36. The van der Waals surface area contributed by atoms with E-state index in [1.54, 1.807) is 7.05 Å². The third kappa shape index (κ3) is 2.83. The molecule has 0 fully saturated rings. The van der Waals surface area contributed by atoms with Gasteiger partial charge in [0.1, 0.15) is 5.82 Å². The molecule has 1 rings (SSSR count). The molecular weight excluding hydrogens is 219 g/mol. The number of benzene rings is 1. The maximum absolute atomic E-state index is 12.9. The number of halogens is 2. The third-order valence-electron chi connectivity index (χ3n) is 1.92. The van der Waals surface area contributed by atoms with Crippen molar-refractivity contribution in [2.24, 2.45) is 0 Å². The SMILES string of the molecule is CCNC(=O)N(C)c1ccc(F)c(Cl)c1. The van der Waals surface area contributed by atoms with E-state index in [4.69, 9.17) is 11.6 Å². The lowest BCUT2D eigenvalue weighted by molar-refractivity contribution is 0.248. The van der Waals surface area contributed by atoms with E-state index in [1.807, 2.05) is 6.92 Å². The van der Waals surface area contributed by atoms with Crippen LogP contribution in [0.25, 0.3) is 0 Å². The standard InChI is InChI=1S/C10H12ClFN2O/c1-3-13-10(15)14(2)7-4-5-9(12)8(11)6-7/h4-6H,3H2,1-2H3,(H,13,15). The fourth-order valence-electron chi connectivity index (χ4n) is 1.08. The molecule has 0 bridgehead atoms. The number of urea groups is 1. The van der Waals surface area contributed by atoms with E-state index >= 15 is 0 Å². The Morgan fingerprint density at radius 2 is 2.27 bits per heavy atom. The van der Waals surface area contributed by atoms with Crippen LogP contribution < -0.4 is 10.2 Å². The second kappa shape index (κ2) is 4.98. The topological polar surface area (TPSA) is 32.3 Å². The first-order valence-corrected chi connectivity index (χ1v) is 4.90. The van der Waals surface area contributed by atoms with Crippen molar-refractivity contribution < 1.29 is 9.18 Å². The van der Waals surface area contributed by atoms with Crippen molar-refractivity contribution in [2.75, 3.05) is 18.5 Å². The average molecular weight is 231 g/mol. The average Bonchev–Trinajstić information content (AvgIpc) is 2.21. The molecule has 5 heteroatoms. The second-order valence-electron chi connectivity index (χ2n) is 2.99. The van der Waals surface area contributed by atoms with Crippen molar-refractivity contribution in [1.29, 1.82) is 0 Å². The van der Waals surface area contributed by atoms with Gasteiger partial charge in [-0.1, -0.05) is 11.6 Å². The number of rotatable bonds is 2. The van der Waals surface area contributed by atoms with E-state index in [0.29, 0.717) is 12.2 Å². The highest BCUT2D eigenvalue weighted by Gasteiger charge is 2.10. The van der Waals surface area contributed by atoms with E-state index in [1.165, 1.54) is 23.1 Å². The fourth-order valence-corrected chi connectivity index (χ4v) is 1.26. The first kappa shape index (κ1) is 11.8. The largest absolute Gasteiger partial charge is 0.338 e. The summed E-state index contributed by atoms with van der Waals surface area (Å²) in [7, 11) is 1.59. The quantitative estimate of drug-likeness (QED) is 0.832. The van der Waals surface area contributed by atoms with E-state index in [0.717, 1.165) is 0 Å². The summed E-state index contributed by atoms with van der Waals surface area (Å²) in [5.74, 6) is -0.496. The monoisotopic (exact) mass is 230 g/mol. The van der Waals surface area contributed by atoms with Crippen molar-refractivity contribution >= 4 is 23.3 Å². The highest BCUT2D eigenvalue weighted by Crippen LogP contribution is 2.21. The molecule has 0 saturated carbocycles. The van der Waals surface area contributed by atoms with Crippen LogP contribution in [0.3, 0.4) is 0 Å². The van der Waals surface area contributed by atoms with Crippen LogP contribution in [-0.4, -0.2) is 19.6 Å². The van der Waals surface area contributed by atoms with Gasteiger partial charge in [0, 0.05) is 19.3 Å². The van der Waals surface area contributed by atoms with E-state index in [9.17, 15) is 9.18 Å². The van der Waals surface area contributed by atoms with Crippen molar-refractivity contribution in [3.63, 3.8) is 0 Å². The van der Waals surface area contributed by atoms with Gasteiger partial charge in [-0.15, -0.1) is 0 Å². The minimum Gasteiger partial charge on any atom is -0.338 e. The van der Waals surface area contributed by atoms with Gasteiger partial charge in [0.25, 0.3) is 0 Å². The van der Waals surface area contributed by atoms with E-state index in [2.05, 4.69) is 5.32 Å². The predicted octanol–water partition coefficient (Wildman–Crippen LogP) is 2.64. The molecule has 0 radical (unpaired) electrons. The molecule has 0 heterocycles. The van der Waals surface area contributed by atoms with Crippen molar-refractivity contribution in [2.45, 2.75) is 6.92 Å². The summed E-state index contributed by atoms with van der Waals surface area (Å²) >= 11 is 5.61. The first-order valence-electron chi connectivity index (χ1n) is 4.53. The highest BCUT2D eigenvalue weighted by molar-refractivity contribution is 6.31. The van der Waals surface area contributed by atoms with Crippen LogP contribution in [0.15, 0.2) is 18.2 Å². The fraction of sp³-hybridized carbons (Fsp3) is 0.300. The van der Waals surface area contributed by atoms with Gasteiger partial charge >= 0.3 is 6.03 Å². The van der Waals surface area contributed by atoms with Crippen LogP contribution in [-0.2, 0) is 0 Å². The van der Waals surface area contributed by atoms with Gasteiger partial charge in [0.05, 0.1) is 5.02 Å². The molecule has 0 aliphatic carbocycles. The number of nitrogens with one attached hydrogen (secondary N) is 1. The van der Waals surface area contributed by atoms with Gasteiger partial charge in [-0.25, -0.2) is 9.18 Å². The smallest absolute Gasteiger partial charge is 0.321 e. The zero-order valence-corrected chi connectivity index (χ0v) is 9.31. The van der Waals surface area contributed by atoms with E-state index < -0.39 is 5.82 Å². The Bertz CT molecular complexity index is 370. The predicted molar refractivity (Wildman–Crippen MR) is 58.9 cm³/mol. The number of hydrogen-bond acceptors (Lipinski definition) is 1. The molecule has 0 aliphatic rings. The third-order valence-corrected chi connectivity index (χ3v) is 2.21. The summed E-state index contributed by atoms with van der Waals surface area (Å²) in [4.78, 5) is 12.8. The van der Waals surface area contributed by atoms with Gasteiger partial charge in [-0.2, -0.15) is 0 Å². The Morgan fingerprint density at radius 3 is 2.80 bits per heavy atom. The molecule has 1 aromatic rings. The van der Waals surface area contributed by atoms with E-state index in [-0.39, 0.29) is 11.1 Å². The lowest BCUT2D eigenvalue weighted by atomic mass is 10.3. The van der Waals surface area contributed by atoms with Gasteiger partial charge in [0.15, 0.2) is 0 Å². The Kier molecular flexibility index (Phi) is 3.91. The molecule has 0 atom stereocenters. The molecule has 0 spiro atoms. The molecular formula is C10H12ClFN2O. The second-order valence-corrected chi connectivity index (χ2v) is 3.40. The summed E-state index contributed by atoms with van der Waals surface area (Å²) in [5.41, 5.74) is 0.548. The van der Waals surface area contributed by atoms with Crippen molar-refractivity contribution in [3.8, 4) is 0 Å². The Hall–Kier alpha value is -1.29. The Balaban J connectivity index is 2.86. The molecule has 1 aromatic carbocycles. The molecule has 0 unspecified atom stereocenters. The number of amides is 2. The number of hydrogen-bond donors (Lipinski definition) is 1. The molecule has 0 aliphatic heterocycles. The molecule has 1 N–H and O–H groups in total. The van der Waals surface area contributed by atoms with Gasteiger partial charge in [-0.05, 0) is 25.1 Å². The van der Waals surface area contributed by atoms with Crippen molar-refractivity contribution in [1.82, 2.24) is 5.32 Å². The van der Waals surface area contributed by atoms with Gasteiger partial charge in [-0.3, -0.25) is 4.90 Å². The molecule has 0 aromatic heterocycles. The molecule has 2 amide bonds. The zero-order chi connectivity index (χ0) is 11.4. The molecule has 0 saturated heterocycles. The number of nitrogens with zero attached hydrogens (tertiary/aromatic N) is 1. The number of carbonyl (C=O) groups is 1. The Labute approximate surface area is 92.8 Å². The van der Waals surface area contributed by atoms with Crippen LogP contribution in [0, 0.1) is 5.82 Å². The summed E-state index contributed by atoms with van der Waals surface area (Å²) < 4.78 is 12.9. The van der Waals surface area contributed by atoms with Crippen LogP contribution >= 0.6 is 11.6 Å². The van der Waals surface area contributed by atoms with Crippen LogP contribution in [0.2, 0.25) is 5.02 Å². The van der Waals surface area contributed by atoms with Gasteiger partial charge in [0.2, 0.25) is 0 Å². The van der Waals surface area contributed by atoms with Crippen LogP contribution in [0.1, 0.15) is 6.92 Å². The lowest BCUT2D eigenvalue weighted by Crippen LogP contribution is -2.37. The molecule has 15 heavy (non-hydrogen) atoms. The van der Waals surface area contributed by atoms with Gasteiger partial charge < -0.3 is 5.32 Å². The van der Waals surface area contributed by atoms with Crippen LogP contribution in [0.4, 0.5) is 14.9 Å². The summed E-state index contributed by atoms with van der Waals surface area (Å²) in [6, 6.07) is 3.89. The van der Waals surface area contributed by atoms with Crippen molar-refractivity contribution in [3.05, 3.63) is 29.0 Å².